The Morgan fingerprint density at radius 2 is 1.88 bits per heavy atom. The molecule has 1 fully saturated rings. The van der Waals surface area contributed by atoms with Crippen molar-refractivity contribution in [3.05, 3.63) is 58.9 Å². The Balaban J connectivity index is 1.93. The summed E-state index contributed by atoms with van der Waals surface area (Å²) < 4.78 is 24.9. The lowest BCUT2D eigenvalue weighted by atomic mass is 9.54. The smallest absolute Gasteiger partial charge is 0.407 e. The van der Waals surface area contributed by atoms with E-state index in [0.29, 0.717) is 21.7 Å². The first kappa shape index (κ1) is 25.0. The largest absolute Gasteiger partial charge is 0.465 e. The zero-order valence-corrected chi connectivity index (χ0v) is 19.9. The standard InChI is InChI=1S/C25H29ClFNO5/c1-5-32-22(30)25(14-29)13-20(28-23(31)33-24(2,3)4)21(25)16-8-6-15(7-9-16)18-12-17(26)10-11-19(18)27/h6-12,20-21,29H,5,13-14H2,1-4H3,(H,28,31)/t20-,21?,25-/m0/s1. The van der Waals surface area contributed by atoms with E-state index in [-0.39, 0.29) is 13.0 Å². The number of carbonyl (C=O) groups is 2. The molecule has 2 N–H and O–H groups in total. The van der Waals surface area contributed by atoms with Gasteiger partial charge in [-0.25, -0.2) is 9.18 Å². The summed E-state index contributed by atoms with van der Waals surface area (Å²) in [5.74, 6) is -1.48. The molecule has 3 rings (SSSR count). The third kappa shape index (κ3) is 5.31. The Morgan fingerprint density at radius 3 is 2.45 bits per heavy atom. The van der Waals surface area contributed by atoms with Crippen LogP contribution in [0.25, 0.3) is 11.1 Å². The van der Waals surface area contributed by atoms with E-state index < -0.39 is 47.5 Å². The van der Waals surface area contributed by atoms with Crippen LogP contribution >= 0.6 is 11.6 Å². The summed E-state index contributed by atoms with van der Waals surface area (Å²) in [7, 11) is 0. The highest BCUT2D eigenvalue weighted by molar-refractivity contribution is 6.30. The zero-order valence-electron chi connectivity index (χ0n) is 19.2. The van der Waals surface area contributed by atoms with E-state index >= 15 is 0 Å². The fraction of sp³-hybridized carbons (Fsp3) is 0.440. The third-order valence-electron chi connectivity index (χ3n) is 5.76. The lowest BCUT2D eigenvalue weighted by Gasteiger charge is -2.52. The van der Waals surface area contributed by atoms with Crippen LogP contribution in [0, 0.1) is 11.2 Å². The molecule has 1 saturated carbocycles. The van der Waals surface area contributed by atoms with Crippen molar-refractivity contribution in [1.82, 2.24) is 5.32 Å². The number of benzene rings is 2. The summed E-state index contributed by atoms with van der Waals surface area (Å²) in [5, 5.41) is 13.4. The summed E-state index contributed by atoms with van der Waals surface area (Å²) in [4.78, 5) is 25.2. The van der Waals surface area contributed by atoms with Gasteiger partial charge in [-0.2, -0.15) is 0 Å². The predicted molar refractivity (Wildman–Crippen MR) is 124 cm³/mol. The van der Waals surface area contributed by atoms with E-state index in [2.05, 4.69) is 5.32 Å². The molecular weight excluding hydrogens is 449 g/mol. The van der Waals surface area contributed by atoms with E-state index in [1.807, 2.05) is 0 Å². The molecule has 1 amide bonds. The van der Waals surface area contributed by atoms with Crippen LogP contribution in [-0.4, -0.2) is 42.0 Å². The van der Waals surface area contributed by atoms with Crippen LogP contribution in [-0.2, 0) is 14.3 Å². The highest BCUT2D eigenvalue weighted by Gasteiger charge is 2.60. The third-order valence-corrected chi connectivity index (χ3v) is 5.99. The maximum absolute atomic E-state index is 14.3. The molecule has 1 aliphatic carbocycles. The van der Waals surface area contributed by atoms with E-state index in [1.54, 1.807) is 58.0 Å². The predicted octanol–water partition coefficient (Wildman–Crippen LogP) is 5.07. The van der Waals surface area contributed by atoms with Gasteiger partial charge < -0.3 is 19.9 Å². The van der Waals surface area contributed by atoms with Gasteiger partial charge >= 0.3 is 12.1 Å². The maximum atomic E-state index is 14.3. The SMILES string of the molecule is CCOC(=O)[C@]1(CO)C[C@H](NC(=O)OC(C)(C)C)C1c1ccc(-c2cc(Cl)ccc2F)cc1. The van der Waals surface area contributed by atoms with Crippen LogP contribution in [0.2, 0.25) is 5.02 Å². The number of alkyl carbamates (subject to hydrolysis) is 1. The van der Waals surface area contributed by atoms with Gasteiger partial charge in [-0.3, -0.25) is 4.79 Å². The highest BCUT2D eigenvalue weighted by Crippen LogP contribution is 2.54. The molecule has 33 heavy (non-hydrogen) atoms. The molecule has 2 aromatic rings. The van der Waals surface area contributed by atoms with Gasteiger partial charge in [0.2, 0.25) is 0 Å². The van der Waals surface area contributed by atoms with Gasteiger partial charge in [0.25, 0.3) is 0 Å². The molecule has 6 nitrogen and oxygen atoms in total. The van der Waals surface area contributed by atoms with Gasteiger partial charge in [0.1, 0.15) is 16.8 Å². The number of aliphatic hydroxyl groups is 1. The summed E-state index contributed by atoms with van der Waals surface area (Å²) in [6.07, 6.45) is -0.401. The number of amides is 1. The minimum Gasteiger partial charge on any atom is -0.465 e. The van der Waals surface area contributed by atoms with E-state index in [1.165, 1.54) is 12.1 Å². The average molecular weight is 478 g/mol. The van der Waals surface area contributed by atoms with Crippen molar-refractivity contribution in [3.63, 3.8) is 0 Å². The number of esters is 1. The number of halogens is 2. The van der Waals surface area contributed by atoms with Crippen LogP contribution in [0.1, 0.15) is 45.6 Å². The average Bonchev–Trinajstić information content (AvgIpc) is 2.72. The number of hydrogen-bond donors (Lipinski definition) is 2. The number of rotatable bonds is 6. The molecule has 0 aromatic heterocycles. The molecule has 0 aliphatic heterocycles. The van der Waals surface area contributed by atoms with Crippen molar-refractivity contribution in [3.8, 4) is 11.1 Å². The first-order valence-corrected chi connectivity index (χ1v) is 11.2. The fourth-order valence-electron chi connectivity index (χ4n) is 4.31. The van der Waals surface area contributed by atoms with E-state index in [0.717, 1.165) is 0 Å². The number of carbonyl (C=O) groups excluding carboxylic acids is 2. The minimum absolute atomic E-state index is 0.171. The van der Waals surface area contributed by atoms with Crippen molar-refractivity contribution in [2.24, 2.45) is 5.41 Å². The van der Waals surface area contributed by atoms with Crippen molar-refractivity contribution < 1.29 is 28.6 Å². The summed E-state index contributed by atoms with van der Waals surface area (Å²) >= 11 is 6.02. The Labute approximate surface area is 198 Å². The number of hydrogen-bond acceptors (Lipinski definition) is 5. The lowest BCUT2D eigenvalue weighted by Crippen LogP contribution is -2.63. The molecule has 178 valence electrons. The van der Waals surface area contributed by atoms with Gasteiger partial charge in [0, 0.05) is 22.5 Å². The van der Waals surface area contributed by atoms with Gasteiger partial charge in [-0.05, 0) is 63.4 Å². The van der Waals surface area contributed by atoms with Gasteiger partial charge in [0.15, 0.2) is 0 Å². The highest BCUT2D eigenvalue weighted by atomic mass is 35.5. The molecule has 0 radical (unpaired) electrons. The normalized spacial score (nSPS) is 22.3. The van der Waals surface area contributed by atoms with Crippen LogP contribution in [0.15, 0.2) is 42.5 Å². The second-order valence-corrected chi connectivity index (χ2v) is 9.65. The summed E-state index contributed by atoms with van der Waals surface area (Å²) in [5.41, 5.74) is -0.208. The van der Waals surface area contributed by atoms with Gasteiger partial charge in [-0.1, -0.05) is 35.9 Å². The van der Waals surface area contributed by atoms with Gasteiger partial charge in [0.05, 0.1) is 13.2 Å². The molecule has 2 aromatic carbocycles. The first-order chi connectivity index (χ1) is 15.5. The molecule has 0 heterocycles. The molecule has 0 spiro atoms. The lowest BCUT2D eigenvalue weighted by molar-refractivity contribution is -0.170. The van der Waals surface area contributed by atoms with Crippen LogP contribution < -0.4 is 5.32 Å². The molecule has 3 atom stereocenters. The topological polar surface area (TPSA) is 84.9 Å². The fourth-order valence-corrected chi connectivity index (χ4v) is 4.48. The molecule has 0 saturated heterocycles. The monoisotopic (exact) mass is 477 g/mol. The molecule has 8 heteroatoms. The molecule has 0 bridgehead atoms. The van der Waals surface area contributed by atoms with E-state index in [4.69, 9.17) is 21.1 Å². The van der Waals surface area contributed by atoms with Crippen molar-refractivity contribution in [1.29, 1.82) is 0 Å². The van der Waals surface area contributed by atoms with E-state index in [9.17, 15) is 19.1 Å². The summed E-state index contributed by atoms with van der Waals surface area (Å²) in [6, 6.07) is 10.8. The molecule has 1 unspecified atom stereocenters. The Bertz CT molecular complexity index is 1020. The zero-order chi connectivity index (χ0) is 24.4. The number of nitrogens with one attached hydrogen (secondary N) is 1. The number of aliphatic hydroxyl groups excluding tert-OH is 1. The second kappa shape index (κ2) is 9.69. The molecular formula is C25H29ClFNO5. The Hall–Kier alpha value is -2.64. The van der Waals surface area contributed by atoms with Crippen LogP contribution in [0.3, 0.4) is 0 Å². The van der Waals surface area contributed by atoms with Crippen LogP contribution in [0.5, 0.6) is 0 Å². The minimum atomic E-state index is -1.20. The number of ether oxygens (including phenoxy) is 2. The Kier molecular flexibility index (Phi) is 7.34. The molecule has 1 aliphatic rings. The summed E-state index contributed by atoms with van der Waals surface area (Å²) in [6.45, 7) is 6.71. The van der Waals surface area contributed by atoms with Crippen molar-refractivity contribution >= 4 is 23.7 Å². The van der Waals surface area contributed by atoms with Gasteiger partial charge in [-0.15, -0.1) is 0 Å². The van der Waals surface area contributed by atoms with Crippen molar-refractivity contribution in [2.75, 3.05) is 13.2 Å². The second-order valence-electron chi connectivity index (χ2n) is 9.22. The Morgan fingerprint density at radius 1 is 1.21 bits per heavy atom. The maximum Gasteiger partial charge on any atom is 0.407 e. The van der Waals surface area contributed by atoms with Crippen molar-refractivity contribution in [2.45, 2.75) is 51.7 Å². The van der Waals surface area contributed by atoms with Crippen LogP contribution in [0.4, 0.5) is 9.18 Å². The quantitative estimate of drug-likeness (QED) is 0.567. The first-order valence-electron chi connectivity index (χ1n) is 10.8.